The Balaban J connectivity index is 0.00000533. The second-order valence-electron chi connectivity index (χ2n) is 10.5. The molecule has 0 spiro atoms. The molecule has 0 radical (unpaired) electrons. The number of anilines is 2. The van der Waals surface area contributed by atoms with Gasteiger partial charge < -0.3 is 20.6 Å². The highest BCUT2D eigenvalue weighted by atomic mass is 35.5. The molecular formula is C25H38ClF2N5O4S2. The van der Waals surface area contributed by atoms with Crippen LogP contribution in [0, 0.1) is 17.6 Å². The van der Waals surface area contributed by atoms with Gasteiger partial charge in [0.1, 0.15) is 22.7 Å². The zero-order valence-corrected chi connectivity index (χ0v) is 25.2. The van der Waals surface area contributed by atoms with Crippen LogP contribution in [0.2, 0.25) is 0 Å². The number of aromatic nitrogens is 1. The van der Waals surface area contributed by atoms with Crippen LogP contribution < -0.4 is 15.4 Å². The molecule has 0 bridgehead atoms. The summed E-state index contributed by atoms with van der Waals surface area (Å²) in [5.41, 5.74) is -0.275. The molecular weight excluding hydrogens is 572 g/mol. The monoisotopic (exact) mass is 609 g/mol. The number of thiazole rings is 1. The summed E-state index contributed by atoms with van der Waals surface area (Å²) >= 11 is 0.950. The molecule has 9 nitrogen and oxygen atoms in total. The highest BCUT2D eigenvalue weighted by Crippen LogP contribution is 2.33. The van der Waals surface area contributed by atoms with Crippen LogP contribution in [0.5, 0.6) is 0 Å². The van der Waals surface area contributed by atoms with E-state index in [-0.39, 0.29) is 46.9 Å². The van der Waals surface area contributed by atoms with Gasteiger partial charge in [-0.15, -0.1) is 12.4 Å². The molecule has 1 atom stereocenters. The van der Waals surface area contributed by atoms with Gasteiger partial charge in [0, 0.05) is 18.6 Å². The molecule has 1 aromatic heterocycles. The van der Waals surface area contributed by atoms with Crippen molar-refractivity contribution in [1.82, 2.24) is 14.6 Å². The average molecular weight is 610 g/mol. The van der Waals surface area contributed by atoms with Gasteiger partial charge in [-0.05, 0) is 70.3 Å². The van der Waals surface area contributed by atoms with Crippen LogP contribution in [0.15, 0.2) is 12.1 Å². The topological polar surface area (TPSA) is 124 Å². The third-order valence-electron chi connectivity index (χ3n) is 5.96. The van der Waals surface area contributed by atoms with Crippen LogP contribution in [0.1, 0.15) is 67.3 Å². The minimum atomic E-state index is -3.34. The van der Waals surface area contributed by atoms with Crippen molar-refractivity contribution in [2.45, 2.75) is 71.3 Å². The highest BCUT2D eigenvalue weighted by molar-refractivity contribution is 7.89. The van der Waals surface area contributed by atoms with Crippen LogP contribution in [-0.4, -0.2) is 67.4 Å². The van der Waals surface area contributed by atoms with E-state index in [1.165, 1.54) is 6.92 Å². The minimum Gasteiger partial charge on any atom is -0.374 e. The fraction of sp³-hybridized carbons (Fsp3) is 0.600. The fourth-order valence-corrected chi connectivity index (χ4v) is 7.18. The molecule has 4 N–H and O–H groups in total. The standard InChI is InChI=1S/C25H37F2N5O4S2.ClH/c1-14(2)13-38(35,36)31-18-8-6-17(7-9-18)29-25-30-24(28-15(3)33)23(37-25)22(34)21-19(26)10-16(11-20(21)27)12-32(4)5;/h10-11,14-15,17-18,28,31,33H,6-9,12-13H2,1-5H3,(H,29,30);1H/t15?,17-,18-;. The van der Waals surface area contributed by atoms with Gasteiger partial charge in [0.05, 0.1) is 11.3 Å². The first kappa shape index (κ1) is 33.3. The summed E-state index contributed by atoms with van der Waals surface area (Å²) < 4.78 is 57.0. The van der Waals surface area contributed by atoms with Gasteiger partial charge in [0.15, 0.2) is 10.9 Å². The Morgan fingerprint density at radius 2 is 1.69 bits per heavy atom. The predicted octanol–water partition coefficient (Wildman–Crippen LogP) is 4.18. The molecule has 2 aromatic rings. The van der Waals surface area contributed by atoms with Crippen LogP contribution in [0.3, 0.4) is 0 Å². The highest BCUT2D eigenvalue weighted by Gasteiger charge is 2.29. The first-order valence-corrected chi connectivity index (χ1v) is 15.1. The van der Waals surface area contributed by atoms with E-state index in [1.54, 1.807) is 19.0 Å². The molecule has 14 heteroatoms. The van der Waals surface area contributed by atoms with Crippen LogP contribution in [0.4, 0.5) is 19.7 Å². The van der Waals surface area contributed by atoms with Crippen molar-refractivity contribution in [1.29, 1.82) is 0 Å². The molecule has 39 heavy (non-hydrogen) atoms. The van der Waals surface area contributed by atoms with Crippen molar-refractivity contribution >= 4 is 50.5 Å². The van der Waals surface area contributed by atoms with E-state index in [1.807, 2.05) is 13.8 Å². The Kier molecular flexibility index (Phi) is 12.1. The number of benzene rings is 1. The van der Waals surface area contributed by atoms with Gasteiger partial charge in [-0.1, -0.05) is 25.2 Å². The number of carbonyl (C=O) groups excluding carboxylic acids is 1. The normalized spacial score (nSPS) is 18.6. The van der Waals surface area contributed by atoms with Crippen molar-refractivity contribution in [2.75, 3.05) is 30.5 Å². The van der Waals surface area contributed by atoms with Crippen molar-refractivity contribution in [3.63, 3.8) is 0 Å². The van der Waals surface area contributed by atoms with E-state index >= 15 is 0 Å². The van der Waals surface area contributed by atoms with Gasteiger partial charge in [-0.2, -0.15) is 0 Å². The Morgan fingerprint density at radius 3 is 2.21 bits per heavy atom. The predicted molar refractivity (Wildman–Crippen MR) is 153 cm³/mol. The molecule has 1 unspecified atom stereocenters. The number of nitrogens with zero attached hydrogens (tertiary/aromatic N) is 2. The lowest BCUT2D eigenvalue weighted by Gasteiger charge is -2.29. The van der Waals surface area contributed by atoms with Crippen molar-refractivity contribution in [3.8, 4) is 0 Å². The fourth-order valence-electron chi connectivity index (χ4n) is 4.52. The lowest BCUT2D eigenvalue weighted by atomic mass is 9.92. The first-order valence-electron chi connectivity index (χ1n) is 12.6. The summed E-state index contributed by atoms with van der Waals surface area (Å²) in [5.74, 6) is -2.64. The summed E-state index contributed by atoms with van der Waals surface area (Å²) in [7, 11) is 0.204. The third kappa shape index (κ3) is 9.61. The maximum atomic E-state index is 14.9. The number of aliphatic hydroxyl groups is 1. The molecule has 0 saturated heterocycles. The number of aliphatic hydroxyl groups excluding tert-OH is 1. The largest absolute Gasteiger partial charge is 0.374 e. The number of hydrogen-bond donors (Lipinski definition) is 4. The van der Waals surface area contributed by atoms with Crippen LogP contribution in [0.25, 0.3) is 0 Å². The van der Waals surface area contributed by atoms with Gasteiger partial charge >= 0.3 is 0 Å². The van der Waals surface area contributed by atoms with Crippen molar-refractivity contribution in [2.24, 2.45) is 5.92 Å². The third-order valence-corrected chi connectivity index (χ3v) is 8.74. The number of halogens is 3. The summed E-state index contributed by atoms with van der Waals surface area (Å²) in [4.78, 5) is 19.4. The van der Waals surface area contributed by atoms with E-state index in [4.69, 9.17) is 0 Å². The average Bonchev–Trinajstić information content (AvgIpc) is 3.14. The van der Waals surface area contributed by atoms with Gasteiger partial charge in [0.25, 0.3) is 0 Å². The minimum absolute atomic E-state index is 0. The van der Waals surface area contributed by atoms with Crippen LogP contribution in [-0.2, 0) is 16.6 Å². The second kappa shape index (κ2) is 14.1. The number of nitrogens with one attached hydrogen (secondary N) is 3. The lowest BCUT2D eigenvalue weighted by molar-refractivity contribution is 0.103. The molecule has 0 amide bonds. The summed E-state index contributed by atoms with van der Waals surface area (Å²) in [6.07, 6.45) is 1.57. The number of sulfonamides is 1. The van der Waals surface area contributed by atoms with E-state index in [0.29, 0.717) is 42.9 Å². The molecule has 1 aromatic carbocycles. The van der Waals surface area contributed by atoms with E-state index < -0.39 is 39.2 Å². The SMILES string of the molecule is CC(C)CS(=O)(=O)N[C@H]1CC[C@H](Nc2nc(NC(C)O)c(C(=O)c3c(F)cc(CN(C)C)cc3F)s2)CC1.Cl. The summed E-state index contributed by atoms with van der Waals surface area (Å²) in [6.45, 7) is 5.47. The van der Waals surface area contributed by atoms with E-state index in [2.05, 4.69) is 20.3 Å². The molecule has 3 rings (SSSR count). The lowest BCUT2D eigenvalue weighted by Crippen LogP contribution is -2.41. The van der Waals surface area contributed by atoms with Gasteiger partial charge in [-0.3, -0.25) is 4.79 Å². The Bertz CT molecular complexity index is 1210. The Hall–Kier alpha value is -1.90. The Labute approximate surface area is 239 Å². The molecule has 1 aliphatic rings. The van der Waals surface area contributed by atoms with Gasteiger partial charge in [0.2, 0.25) is 15.8 Å². The number of hydrogen-bond acceptors (Lipinski definition) is 9. The zero-order valence-electron chi connectivity index (χ0n) is 22.8. The first-order chi connectivity index (χ1) is 17.7. The van der Waals surface area contributed by atoms with E-state index in [9.17, 15) is 27.1 Å². The molecule has 1 fully saturated rings. The van der Waals surface area contributed by atoms with E-state index in [0.717, 1.165) is 23.5 Å². The smallest absolute Gasteiger partial charge is 0.212 e. The Morgan fingerprint density at radius 1 is 1.13 bits per heavy atom. The molecule has 0 aliphatic heterocycles. The molecule has 1 saturated carbocycles. The molecule has 1 aliphatic carbocycles. The number of rotatable bonds is 12. The maximum Gasteiger partial charge on any atom is 0.212 e. The maximum absolute atomic E-state index is 14.9. The van der Waals surface area contributed by atoms with Crippen molar-refractivity contribution in [3.05, 3.63) is 39.8 Å². The molecule has 220 valence electrons. The van der Waals surface area contributed by atoms with Gasteiger partial charge in [-0.25, -0.2) is 26.9 Å². The van der Waals surface area contributed by atoms with Crippen molar-refractivity contribution < 1.29 is 27.1 Å². The quantitative estimate of drug-likeness (QED) is 0.209. The summed E-state index contributed by atoms with van der Waals surface area (Å²) in [6, 6.07) is 2.13. The zero-order chi connectivity index (χ0) is 28.2. The molecule has 1 heterocycles. The second-order valence-corrected chi connectivity index (χ2v) is 13.3. The summed E-state index contributed by atoms with van der Waals surface area (Å²) in [5, 5.41) is 16.1. The number of carbonyl (C=O) groups is 1. The van der Waals surface area contributed by atoms with Crippen LogP contribution >= 0.6 is 23.7 Å². The number of ketones is 1.